The summed E-state index contributed by atoms with van der Waals surface area (Å²) < 4.78 is 5.27. The van der Waals surface area contributed by atoms with Crippen LogP contribution in [0.5, 0.6) is 0 Å². The monoisotopic (exact) mass is 405 g/mol. The molecule has 1 unspecified atom stereocenters. The summed E-state index contributed by atoms with van der Waals surface area (Å²) in [5.74, 6) is -0.514. The lowest BCUT2D eigenvalue weighted by Gasteiger charge is -2.25. The summed E-state index contributed by atoms with van der Waals surface area (Å²) in [6, 6.07) is 5.91. The van der Waals surface area contributed by atoms with Crippen molar-refractivity contribution in [2.24, 2.45) is 0 Å². The van der Waals surface area contributed by atoms with Crippen LogP contribution in [0.1, 0.15) is 27.7 Å². The maximum atomic E-state index is 12.1. The second-order valence-corrected chi connectivity index (χ2v) is 8.07. The van der Waals surface area contributed by atoms with E-state index >= 15 is 0 Å². The van der Waals surface area contributed by atoms with Gasteiger partial charge in [-0.15, -0.1) is 0 Å². The third-order valence-corrected chi connectivity index (χ3v) is 4.14. The van der Waals surface area contributed by atoms with Gasteiger partial charge in [-0.1, -0.05) is 0 Å². The van der Waals surface area contributed by atoms with Gasteiger partial charge in [0.15, 0.2) is 0 Å². The van der Waals surface area contributed by atoms with Crippen LogP contribution < -0.4 is 21.3 Å². The van der Waals surface area contributed by atoms with Crippen LogP contribution in [0.2, 0.25) is 0 Å². The molecule has 1 atom stereocenters. The van der Waals surface area contributed by atoms with Crippen LogP contribution in [-0.2, 0) is 14.3 Å². The minimum Gasteiger partial charge on any atom is -0.379 e. The highest BCUT2D eigenvalue weighted by atomic mass is 16.5. The van der Waals surface area contributed by atoms with Crippen molar-refractivity contribution in [3.05, 3.63) is 24.3 Å². The lowest BCUT2D eigenvalue weighted by Crippen LogP contribution is -2.51. The number of ether oxygens (including phenoxy) is 1. The van der Waals surface area contributed by atoms with E-state index in [1.54, 1.807) is 31.2 Å². The number of carbonyl (C=O) groups excluding carboxylic acids is 3. The minimum absolute atomic E-state index is 0.0785. The van der Waals surface area contributed by atoms with Crippen LogP contribution in [0, 0.1) is 0 Å². The molecule has 9 heteroatoms. The largest absolute Gasteiger partial charge is 0.379 e. The lowest BCUT2D eigenvalue weighted by molar-refractivity contribution is -0.120. The molecule has 2 rings (SSSR count). The van der Waals surface area contributed by atoms with E-state index in [4.69, 9.17) is 4.74 Å². The fourth-order valence-corrected chi connectivity index (χ4v) is 2.72. The molecule has 1 saturated heterocycles. The van der Waals surface area contributed by atoms with Gasteiger partial charge in [-0.05, 0) is 52.0 Å². The van der Waals surface area contributed by atoms with E-state index in [9.17, 15) is 14.4 Å². The molecule has 0 aromatic heterocycles. The van der Waals surface area contributed by atoms with Crippen LogP contribution >= 0.6 is 0 Å². The number of amides is 4. The van der Waals surface area contributed by atoms with E-state index in [1.165, 1.54) is 0 Å². The van der Waals surface area contributed by atoms with E-state index < -0.39 is 23.5 Å². The fraction of sp³-hybridized carbons (Fsp3) is 0.550. The van der Waals surface area contributed by atoms with Crippen molar-refractivity contribution in [3.63, 3.8) is 0 Å². The van der Waals surface area contributed by atoms with Gasteiger partial charge in [0.2, 0.25) is 11.8 Å². The summed E-state index contributed by atoms with van der Waals surface area (Å²) in [5.41, 5.74) is 0.953. The van der Waals surface area contributed by atoms with Crippen molar-refractivity contribution in [2.75, 3.05) is 43.5 Å². The number of morpholine rings is 1. The number of benzene rings is 1. The van der Waals surface area contributed by atoms with Crippen LogP contribution in [0.3, 0.4) is 0 Å². The number of hydrogen-bond acceptors (Lipinski definition) is 6. The number of urea groups is 1. The Balaban J connectivity index is 1.79. The number of anilines is 2. The highest BCUT2D eigenvalue weighted by molar-refractivity contribution is 5.98. The molecule has 0 saturated carbocycles. The molecular weight excluding hydrogens is 374 g/mol. The van der Waals surface area contributed by atoms with Crippen LogP contribution in [0.15, 0.2) is 24.3 Å². The number of carbonyl (C=O) groups is 3. The van der Waals surface area contributed by atoms with E-state index in [-0.39, 0.29) is 5.91 Å². The van der Waals surface area contributed by atoms with Gasteiger partial charge < -0.3 is 20.7 Å². The number of nitrogens with one attached hydrogen (secondary N) is 4. The van der Waals surface area contributed by atoms with Gasteiger partial charge in [0.1, 0.15) is 6.04 Å². The van der Waals surface area contributed by atoms with Gasteiger partial charge >= 0.3 is 6.03 Å². The Hall–Kier alpha value is -2.65. The molecule has 1 aliphatic rings. The number of imide groups is 1. The zero-order valence-electron chi connectivity index (χ0n) is 17.5. The van der Waals surface area contributed by atoms with E-state index in [0.717, 1.165) is 13.1 Å². The lowest BCUT2D eigenvalue weighted by atomic mass is 10.1. The maximum absolute atomic E-state index is 12.1. The Morgan fingerprint density at radius 3 is 2.24 bits per heavy atom. The molecule has 29 heavy (non-hydrogen) atoms. The standard InChI is InChI=1S/C20H31N5O4/c1-14(18(27)23-19(28)24-20(2,3)4)21-15-5-7-16(8-6-15)22-17(26)13-25-9-11-29-12-10-25/h5-8,14,21H,9-13H2,1-4H3,(H,22,26)(H2,23,24,27,28). The first-order valence-electron chi connectivity index (χ1n) is 9.72. The van der Waals surface area contributed by atoms with Gasteiger partial charge in [0.25, 0.3) is 0 Å². The highest BCUT2D eigenvalue weighted by Gasteiger charge is 2.19. The fourth-order valence-electron chi connectivity index (χ4n) is 2.72. The van der Waals surface area contributed by atoms with Crippen LogP contribution in [0.4, 0.5) is 16.2 Å². The average molecular weight is 405 g/mol. The molecule has 0 radical (unpaired) electrons. The summed E-state index contributed by atoms with van der Waals surface area (Å²) in [6.45, 7) is 10.3. The predicted molar refractivity (Wildman–Crippen MR) is 112 cm³/mol. The normalized spacial score (nSPS) is 15.9. The van der Waals surface area contributed by atoms with Crippen molar-refractivity contribution in [1.82, 2.24) is 15.5 Å². The number of nitrogens with zero attached hydrogens (tertiary/aromatic N) is 1. The van der Waals surface area contributed by atoms with Crippen LogP contribution in [0.25, 0.3) is 0 Å². The summed E-state index contributed by atoms with van der Waals surface area (Å²) in [4.78, 5) is 38.1. The van der Waals surface area contributed by atoms with E-state index in [0.29, 0.717) is 31.1 Å². The van der Waals surface area contributed by atoms with Gasteiger partial charge in [-0.25, -0.2) is 4.79 Å². The molecule has 4 amide bonds. The summed E-state index contributed by atoms with van der Waals surface area (Å²) in [6.07, 6.45) is 0. The molecule has 1 aliphatic heterocycles. The second-order valence-electron chi connectivity index (χ2n) is 8.07. The Kier molecular flexibility index (Phi) is 7.98. The summed E-state index contributed by atoms with van der Waals surface area (Å²) >= 11 is 0. The molecule has 1 aromatic carbocycles. The van der Waals surface area contributed by atoms with Gasteiger partial charge in [-0.3, -0.25) is 19.8 Å². The molecule has 160 valence electrons. The van der Waals surface area contributed by atoms with E-state index in [2.05, 4.69) is 21.3 Å². The highest BCUT2D eigenvalue weighted by Crippen LogP contribution is 2.14. The quantitative estimate of drug-likeness (QED) is 0.569. The molecule has 1 aromatic rings. The first kappa shape index (κ1) is 22.6. The third-order valence-electron chi connectivity index (χ3n) is 4.14. The van der Waals surface area contributed by atoms with Gasteiger partial charge in [-0.2, -0.15) is 0 Å². The van der Waals surface area contributed by atoms with E-state index in [1.807, 2.05) is 25.7 Å². The predicted octanol–water partition coefficient (Wildman–Crippen LogP) is 1.38. The zero-order valence-corrected chi connectivity index (χ0v) is 17.5. The van der Waals surface area contributed by atoms with Crippen molar-refractivity contribution in [2.45, 2.75) is 39.3 Å². The van der Waals surface area contributed by atoms with Crippen molar-refractivity contribution in [3.8, 4) is 0 Å². The summed E-state index contributed by atoms with van der Waals surface area (Å²) in [7, 11) is 0. The SMILES string of the molecule is CC(Nc1ccc(NC(=O)CN2CCOCC2)cc1)C(=O)NC(=O)NC(C)(C)C. The average Bonchev–Trinajstić information content (AvgIpc) is 2.62. The molecular formula is C20H31N5O4. The maximum Gasteiger partial charge on any atom is 0.321 e. The molecule has 9 nitrogen and oxygen atoms in total. The first-order chi connectivity index (χ1) is 13.6. The molecule has 1 fully saturated rings. The van der Waals surface area contributed by atoms with Crippen molar-refractivity contribution in [1.29, 1.82) is 0 Å². The van der Waals surface area contributed by atoms with Crippen molar-refractivity contribution < 1.29 is 19.1 Å². The topological polar surface area (TPSA) is 112 Å². The first-order valence-corrected chi connectivity index (χ1v) is 9.72. The molecule has 0 bridgehead atoms. The number of rotatable bonds is 6. The Bertz CT molecular complexity index is 709. The minimum atomic E-state index is -0.609. The smallest absolute Gasteiger partial charge is 0.321 e. The van der Waals surface area contributed by atoms with Crippen LogP contribution in [-0.4, -0.2) is 67.2 Å². The van der Waals surface area contributed by atoms with Gasteiger partial charge in [0, 0.05) is 30.0 Å². The molecule has 0 aliphatic carbocycles. The molecule has 1 heterocycles. The summed E-state index contributed by atoms with van der Waals surface area (Å²) in [5, 5.41) is 10.9. The van der Waals surface area contributed by atoms with Crippen molar-refractivity contribution >= 4 is 29.2 Å². The zero-order chi connectivity index (χ0) is 21.4. The Labute approximate surface area is 171 Å². The Morgan fingerprint density at radius 2 is 1.66 bits per heavy atom. The Morgan fingerprint density at radius 1 is 1.07 bits per heavy atom. The third kappa shape index (κ3) is 8.49. The molecule has 4 N–H and O–H groups in total. The molecule has 0 spiro atoms. The number of hydrogen-bond donors (Lipinski definition) is 4. The van der Waals surface area contributed by atoms with Gasteiger partial charge in [0.05, 0.1) is 19.8 Å². The second kappa shape index (κ2) is 10.2.